The van der Waals surface area contributed by atoms with Gasteiger partial charge in [0.1, 0.15) is 0 Å². The summed E-state index contributed by atoms with van der Waals surface area (Å²) in [5.74, 6) is -0.188. The Morgan fingerprint density at radius 2 is 2.00 bits per heavy atom. The highest BCUT2D eigenvalue weighted by Crippen LogP contribution is 2.26. The minimum atomic E-state index is -0.188. The number of anilines is 1. The topological polar surface area (TPSA) is 38.3 Å². The molecule has 0 aliphatic carbocycles. The molecule has 1 aromatic rings. The summed E-state index contributed by atoms with van der Waals surface area (Å²) in [4.78, 5) is 11.1. The maximum Gasteiger partial charge on any atom is 0.307 e. The van der Waals surface area contributed by atoms with Crippen LogP contribution < -0.4 is 5.32 Å². The maximum atomic E-state index is 11.1. The molecule has 0 heterocycles. The third-order valence-electron chi connectivity index (χ3n) is 2.98. The van der Waals surface area contributed by atoms with E-state index >= 15 is 0 Å². The number of aryl methyl sites for hydroxylation is 1. The zero-order valence-corrected chi connectivity index (χ0v) is 12.0. The van der Waals surface area contributed by atoms with Gasteiger partial charge >= 0.3 is 5.97 Å². The van der Waals surface area contributed by atoms with E-state index in [9.17, 15) is 4.79 Å². The molecule has 1 N–H and O–H groups in total. The van der Waals surface area contributed by atoms with Gasteiger partial charge in [0.05, 0.1) is 13.5 Å². The monoisotopic (exact) mass is 249 g/mol. The minimum absolute atomic E-state index is 0.131. The molecule has 0 spiro atoms. The van der Waals surface area contributed by atoms with E-state index in [4.69, 9.17) is 0 Å². The predicted molar refractivity (Wildman–Crippen MR) is 75.0 cm³/mol. The summed E-state index contributed by atoms with van der Waals surface area (Å²) in [6.45, 7) is 9.23. The summed E-state index contributed by atoms with van der Waals surface area (Å²) in [7, 11) is 1.41. The molecule has 0 amide bonds. The number of esters is 1. The van der Waals surface area contributed by atoms with Crippen molar-refractivity contribution in [1.82, 2.24) is 0 Å². The zero-order chi connectivity index (χ0) is 13.8. The van der Waals surface area contributed by atoms with Gasteiger partial charge in [0.2, 0.25) is 0 Å². The van der Waals surface area contributed by atoms with Crippen molar-refractivity contribution >= 4 is 11.7 Å². The Morgan fingerprint density at radius 1 is 1.33 bits per heavy atom. The largest absolute Gasteiger partial charge is 0.469 e. The van der Waals surface area contributed by atoms with Crippen LogP contribution in [0.25, 0.3) is 0 Å². The Labute approximate surface area is 110 Å². The number of carbonyl (C=O) groups excluding carboxylic acids is 1. The molecule has 0 aromatic heterocycles. The second-order valence-electron chi connectivity index (χ2n) is 5.53. The van der Waals surface area contributed by atoms with Crippen LogP contribution in [0.3, 0.4) is 0 Å². The van der Waals surface area contributed by atoms with Crippen molar-refractivity contribution in [3.63, 3.8) is 0 Å². The van der Waals surface area contributed by atoms with Crippen molar-refractivity contribution in [2.45, 2.75) is 39.5 Å². The van der Waals surface area contributed by atoms with Gasteiger partial charge in [-0.15, -0.1) is 0 Å². The quantitative estimate of drug-likeness (QED) is 0.832. The fourth-order valence-electron chi connectivity index (χ4n) is 1.68. The summed E-state index contributed by atoms with van der Waals surface area (Å²) in [6.07, 6.45) is 0.385. The third-order valence-corrected chi connectivity index (χ3v) is 2.98. The number of hydrogen-bond donors (Lipinski definition) is 1. The van der Waals surface area contributed by atoms with Crippen molar-refractivity contribution < 1.29 is 9.53 Å². The SMILES string of the molecule is COC(=O)CCNc1cc(C(C)(C)C)ccc1C. The van der Waals surface area contributed by atoms with Crippen molar-refractivity contribution in [3.05, 3.63) is 29.3 Å². The van der Waals surface area contributed by atoms with Gasteiger partial charge in [-0.2, -0.15) is 0 Å². The van der Waals surface area contributed by atoms with Gasteiger partial charge in [0.25, 0.3) is 0 Å². The van der Waals surface area contributed by atoms with Crippen LogP contribution in [0, 0.1) is 6.92 Å². The van der Waals surface area contributed by atoms with Crippen LogP contribution in [0.1, 0.15) is 38.3 Å². The Hall–Kier alpha value is -1.51. The predicted octanol–water partition coefficient (Wildman–Crippen LogP) is 3.27. The second kappa shape index (κ2) is 5.89. The number of benzene rings is 1. The molecule has 1 aromatic carbocycles. The van der Waals surface area contributed by atoms with E-state index in [2.05, 4.69) is 55.9 Å². The van der Waals surface area contributed by atoms with Gasteiger partial charge in [0, 0.05) is 12.2 Å². The molecular formula is C15H23NO2. The summed E-state index contributed by atoms with van der Waals surface area (Å²) in [6, 6.07) is 6.43. The van der Waals surface area contributed by atoms with Gasteiger partial charge in [-0.05, 0) is 29.5 Å². The molecule has 3 heteroatoms. The van der Waals surface area contributed by atoms with Crippen LogP contribution in [0.4, 0.5) is 5.69 Å². The first-order valence-corrected chi connectivity index (χ1v) is 6.26. The normalized spacial score (nSPS) is 11.2. The zero-order valence-electron chi connectivity index (χ0n) is 12.0. The number of hydrogen-bond acceptors (Lipinski definition) is 3. The molecule has 0 bridgehead atoms. The lowest BCUT2D eigenvalue weighted by atomic mass is 9.86. The van der Waals surface area contributed by atoms with Crippen molar-refractivity contribution in [3.8, 4) is 0 Å². The lowest BCUT2D eigenvalue weighted by Crippen LogP contribution is -2.14. The second-order valence-corrected chi connectivity index (χ2v) is 5.53. The molecule has 0 saturated heterocycles. The van der Waals surface area contributed by atoms with Crippen molar-refractivity contribution in [1.29, 1.82) is 0 Å². The Morgan fingerprint density at radius 3 is 2.56 bits per heavy atom. The van der Waals surface area contributed by atoms with Crippen LogP contribution in [0.2, 0.25) is 0 Å². The Kier molecular flexibility index (Phi) is 4.76. The Balaban J connectivity index is 2.73. The molecule has 0 atom stereocenters. The molecule has 100 valence electrons. The fourth-order valence-corrected chi connectivity index (χ4v) is 1.68. The van der Waals surface area contributed by atoms with E-state index in [0.29, 0.717) is 13.0 Å². The highest BCUT2D eigenvalue weighted by Gasteiger charge is 2.14. The van der Waals surface area contributed by atoms with Gasteiger partial charge in [0.15, 0.2) is 0 Å². The minimum Gasteiger partial charge on any atom is -0.469 e. The van der Waals surface area contributed by atoms with E-state index < -0.39 is 0 Å². The van der Waals surface area contributed by atoms with Crippen LogP contribution in [-0.2, 0) is 14.9 Å². The van der Waals surface area contributed by atoms with Crippen LogP contribution in [0.5, 0.6) is 0 Å². The lowest BCUT2D eigenvalue weighted by molar-refractivity contribution is -0.140. The molecule has 0 aliphatic rings. The highest BCUT2D eigenvalue weighted by molar-refractivity contribution is 5.70. The van der Waals surface area contributed by atoms with Gasteiger partial charge < -0.3 is 10.1 Å². The van der Waals surface area contributed by atoms with E-state index in [-0.39, 0.29) is 11.4 Å². The summed E-state index contributed by atoms with van der Waals surface area (Å²) in [5, 5.41) is 3.29. The number of carbonyl (C=O) groups is 1. The summed E-state index contributed by atoms with van der Waals surface area (Å²) < 4.78 is 4.62. The molecule has 3 nitrogen and oxygen atoms in total. The smallest absolute Gasteiger partial charge is 0.307 e. The molecule has 1 rings (SSSR count). The van der Waals surface area contributed by atoms with Gasteiger partial charge in [-0.25, -0.2) is 0 Å². The van der Waals surface area contributed by atoms with Crippen LogP contribution >= 0.6 is 0 Å². The number of ether oxygens (including phenoxy) is 1. The molecule has 0 radical (unpaired) electrons. The fraction of sp³-hybridized carbons (Fsp3) is 0.533. The maximum absolute atomic E-state index is 11.1. The first-order chi connectivity index (χ1) is 8.34. The van der Waals surface area contributed by atoms with Gasteiger partial charge in [-0.1, -0.05) is 32.9 Å². The first-order valence-electron chi connectivity index (χ1n) is 6.26. The van der Waals surface area contributed by atoms with E-state index in [1.54, 1.807) is 0 Å². The number of nitrogens with one attached hydrogen (secondary N) is 1. The van der Waals surface area contributed by atoms with E-state index in [1.165, 1.54) is 18.2 Å². The number of rotatable bonds is 4. The molecule has 0 unspecified atom stereocenters. The molecule has 0 saturated carbocycles. The standard InChI is InChI=1S/C15H23NO2/c1-11-6-7-12(15(2,3)4)10-13(11)16-9-8-14(17)18-5/h6-7,10,16H,8-9H2,1-5H3. The molecule has 0 fully saturated rings. The van der Waals surface area contributed by atoms with Crippen molar-refractivity contribution in [2.24, 2.45) is 0 Å². The molecule has 18 heavy (non-hydrogen) atoms. The summed E-state index contributed by atoms with van der Waals surface area (Å²) in [5.41, 5.74) is 3.69. The van der Waals surface area contributed by atoms with E-state index in [1.807, 2.05) is 0 Å². The average Bonchev–Trinajstić information content (AvgIpc) is 2.29. The molecular weight excluding hydrogens is 226 g/mol. The molecule has 0 aliphatic heterocycles. The Bertz CT molecular complexity index is 419. The summed E-state index contributed by atoms with van der Waals surface area (Å²) >= 11 is 0. The van der Waals surface area contributed by atoms with Crippen LogP contribution in [-0.4, -0.2) is 19.6 Å². The number of methoxy groups -OCH3 is 1. The highest BCUT2D eigenvalue weighted by atomic mass is 16.5. The van der Waals surface area contributed by atoms with Gasteiger partial charge in [-0.3, -0.25) is 4.79 Å². The first kappa shape index (κ1) is 14.6. The third kappa shape index (κ3) is 4.06. The lowest BCUT2D eigenvalue weighted by Gasteiger charge is -2.21. The van der Waals surface area contributed by atoms with E-state index in [0.717, 1.165) is 5.69 Å². The van der Waals surface area contributed by atoms with Crippen LogP contribution in [0.15, 0.2) is 18.2 Å². The van der Waals surface area contributed by atoms with Crippen molar-refractivity contribution in [2.75, 3.05) is 19.0 Å². The average molecular weight is 249 g/mol.